The van der Waals surface area contributed by atoms with Gasteiger partial charge in [-0.25, -0.2) is 9.78 Å². The number of aliphatic hydroxyl groups is 1. The summed E-state index contributed by atoms with van der Waals surface area (Å²) in [5.74, 6) is -3.41. The largest absolute Gasteiger partial charge is 0.480 e. The van der Waals surface area contributed by atoms with Crippen molar-refractivity contribution in [3.63, 3.8) is 0 Å². The SMILES string of the molecule is NC(CO)C(=O)NC(Cc1c[nH]c2ccccc12)C(=O)NC(Cc1ccccc1)C(=O)NC(Cc1cnc[nH]1)C(=O)O. The molecule has 4 atom stereocenters. The summed E-state index contributed by atoms with van der Waals surface area (Å²) >= 11 is 0. The lowest BCUT2D eigenvalue weighted by molar-refractivity contribution is -0.142. The van der Waals surface area contributed by atoms with Gasteiger partial charge in [-0.3, -0.25) is 14.4 Å². The molecule has 0 aliphatic carbocycles. The lowest BCUT2D eigenvalue weighted by atomic mass is 10.0. The van der Waals surface area contributed by atoms with Crippen molar-refractivity contribution in [2.45, 2.75) is 43.4 Å². The van der Waals surface area contributed by atoms with E-state index in [1.165, 1.54) is 12.5 Å². The summed E-state index contributed by atoms with van der Waals surface area (Å²) in [5, 5.41) is 27.7. The monoisotopic (exact) mass is 575 g/mol. The highest BCUT2D eigenvalue weighted by molar-refractivity contribution is 5.95. The molecule has 42 heavy (non-hydrogen) atoms. The minimum absolute atomic E-state index is 0.0502. The number of aromatic amines is 2. The molecule has 3 amide bonds. The molecular weight excluding hydrogens is 542 g/mol. The smallest absolute Gasteiger partial charge is 0.326 e. The summed E-state index contributed by atoms with van der Waals surface area (Å²) < 4.78 is 0. The number of carboxylic acids is 1. The van der Waals surface area contributed by atoms with Crippen molar-refractivity contribution in [3.8, 4) is 0 Å². The predicted molar refractivity (Wildman–Crippen MR) is 153 cm³/mol. The zero-order chi connectivity index (χ0) is 30.1. The van der Waals surface area contributed by atoms with Crippen LogP contribution in [0.25, 0.3) is 10.9 Å². The number of carboxylic acid groups (broad SMARTS) is 1. The number of carbonyl (C=O) groups excluding carboxylic acids is 3. The molecule has 0 bridgehead atoms. The normalized spacial score (nSPS) is 14.0. The van der Waals surface area contributed by atoms with E-state index in [2.05, 4.69) is 30.9 Å². The third kappa shape index (κ3) is 7.80. The Hall–Kier alpha value is -5.01. The van der Waals surface area contributed by atoms with Crippen LogP contribution in [0.3, 0.4) is 0 Å². The number of imidazole rings is 1. The Balaban J connectivity index is 1.58. The number of rotatable bonds is 14. The third-order valence-corrected chi connectivity index (χ3v) is 6.77. The zero-order valence-electron chi connectivity index (χ0n) is 22.6. The van der Waals surface area contributed by atoms with Gasteiger partial charge in [0.25, 0.3) is 0 Å². The number of nitrogens with one attached hydrogen (secondary N) is 5. The summed E-state index contributed by atoms with van der Waals surface area (Å²) in [6, 6.07) is 11.5. The Morgan fingerprint density at radius 3 is 2.12 bits per heavy atom. The summed E-state index contributed by atoms with van der Waals surface area (Å²) in [6.07, 6.45) is 4.64. The van der Waals surface area contributed by atoms with Crippen molar-refractivity contribution in [2.24, 2.45) is 5.73 Å². The van der Waals surface area contributed by atoms with E-state index < -0.39 is 54.5 Å². The van der Waals surface area contributed by atoms with Crippen molar-refractivity contribution in [1.29, 1.82) is 0 Å². The molecule has 4 rings (SSSR count). The number of fused-ring (bicyclic) bond motifs is 1. The first-order valence-electron chi connectivity index (χ1n) is 13.3. The maximum absolute atomic E-state index is 13.7. The average Bonchev–Trinajstić information content (AvgIpc) is 3.66. The van der Waals surface area contributed by atoms with Crippen LogP contribution >= 0.6 is 0 Å². The fourth-order valence-corrected chi connectivity index (χ4v) is 4.51. The second-order valence-corrected chi connectivity index (χ2v) is 9.85. The van der Waals surface area contributed by atoms with Gasteiger partial charge < -0.3 is 41.9 Å². The van der Waals surface area contributed by atoms with Crippen LogP contribution in [-0.4, -0.2) is 79.6 Å². The Kier molecular flexibility index (Phi) is 10.0. The van der Waals surface area contributed by atoms with Gasteiger partial charge in [0.1, 0.15) is 24.2 Å². The molecule has 13 heteroatoms. The van der Waals surface area contributed by atoms with Crippen LogP contribution in [0.4, 0.5) is 0 Å². The van der Waals surface area contributed by atoms with Gasteiger partial charge in [-0.05, 0) is 17.2 Å². The van der Waals surface area contributed by atoms with Gasteiger partial charge in [0.15, 0.2) is 0 Å². The summed E-state index contributed by atoms with van der Waals surface area (Å²) in [6.45, 7) is -0.626. The van der Waals surface area contributed by atoms with E-state index in [-0.39, 0.29) is 19.3 Å². The number of para-hydroxylation sites is 1. The number of nitrogens with zero attached hydrogens (tertiary/aromatic N) is 1. The maximum atomic E-state index is 13.7. The first kappa shape index (κ1) is 30.0. The first-order valence-corrected chi connectivity index (χ1v) is 13.3. The molecular formula is C29H33N7O6. The highest BCUT2D eigenvalue weighted by atomic mass is 16.4. The molecule has 0 spiro atoms. The molecule has 9 N–H and O–H groups in total. The first-order chi connectivity index (χ1) is 20.2. The number of hydrogen-bond donors (Lipinski definition) is 8. The third-order valence-electron chi connectivity index (χ3n) is 6.77. The fraction of sp³-hybridized carbons (Fsp3) is 0.276. The average molecular weight is 576 g/mol. The number of H-pyrrole nitrogens is 2. The van der Waals surface area contributed by atoms with Crippen molar-refractivity contribution in [2.75, 3.05) is 6.61 Å². The Labute approximate surface area is 240 Å². The molecule has 0 fully saturated rings. The second-order valence-electron chi connectivity index (χ2n) is 9.85. The minimum atomic E-state index is -1.29. The van der Waals surface area contributed by atoms with Crippen LogP contribution in [0.5, 0.6) is 0 Å². The van der Waals surface area contributed by atoms with E-state index in [0.29, 0.717) is 5.69 Å². The summed E-state index contributed by atoms with van der Waals surface area (Å²) in [7, 11) is 0. The standard InChI is InChI=1S/C29H33N7O6/c30-21(15-37)26(38)34-24(11-18-13-32-22-9-5-4-8-20(18)22)28(40)35-23(10-17-6-2-1-3-7-17)27(39)36-25(29(41)42)12-19-14-31-16-33-19/h1-9,13-14,16,21,23-25,32,37H,10-12,15,30H2,(H,31,33)(H,34,38)(H,35,40)(H,36,39)(H,41,42). The van der Waals surface area contributed by atoms with E-state index in [1.54, 1.807) is 36.5 Å². The van der Waals surface area contributed by atoms with Gasteiger partial charge in [0.05, 0.1) is 12.9 Å². The number of carbonyl (C=O) groups is 4. The van der Waals surface area contributed by atoms with Crippen LogP contribution in [-0.2, 0) is 38.4 Å². The molecule has 0 radical (unpaired) electrons. The van der Waals surface area contributed by atoms with Gasteiger partial charge in [-0.2, -0.15) is 0 Å². The van der Waals surface area contributed by atoms with E-state index in [9.17, 15) is 29.4 Å². The quantitative estimate of drug-likeness (QED) is 0.100. The van der Waals surface area contributed by atoms with Crippen LogP contribution < -0.4 is 21.7 Å². The molecule has 4 aromatic rings. The highest BCUT2D eigenvalue weighted by Crippen LogP contribution is 2.19. The highest BCUT2D eigenvalue weighted by Gasteiger charge is 2.31. The molecule has 0 aliphatic heterocycles. The molecule has 13 nitrogen and oxygen atoms in total. The second kappa shape index (κ2) is 14.1. The van der Waals surface area contributed by atoms with Crippen LogP contribution in [0.2, 0.25) is 0 Å². The van der Waals surface area contributed by atoms with Crippen molar-refractivity contribution < 1.29 is 29.4 Å². The minimum Gasteiger partial charge on any atom is -0.480 e. The van der Waals surface area contributed by atoms with E-state index in [0.717, 1.165) is 22.0 Å². The molecule has 4 unspecified atom stereocenters. The predicted octanol–water partition coefficient (Wildman–Crippen LogP) is -0.222. The van der Waals surface area contributed by atoms with Crippen molar-refractivity contribution >= 4 is 34.6 Å². The van der Waals surface area contributed by atoms with E-state index in [4.69, 9.17) is 5.73 Å². The summed E-state index contributed by atoms with van der Waals surface area (Å²) in [4.78, 5) is 61.5. The van der Waals surface area contributed by atoms with Gasteiger partial charge in [-0.15, -0.1) is 0 Å². The number of nitrogens with two attached hydrogens (primary N) is 1. The van der Waals surface area contributed by atoms with Crippen LogP contribution in [0.1, 0.15) is 16.8 Å². The molecule has 2 aromatic carbocycles. The van der Waals surface area contributed by atoms with Gasteiger partial charge in [-0.1, -0.05) is 48.5 Å². The Morgan fingerprint density at radius 1 is 0.810 bits per heavy atom. The lowest BCUT2D eigenvalue weighted by Gasteiger charge is -2.25. The number of benzene rings is 2. The Morgan fingerprint density at radius 2 is 1.45 bits per heavy atom. The van der Waals surface area contributed by atoms with Gasteiger partial charge in [0, 0.05) is 48.3 Å². The van der Waals surface area contributed by atoms with Crippen LogP contribution in [0, 0.1) is 0 Å². The summed E-state index contributed by atoms with van der Waals surface area (Å²) in [5.41, 5.74) is 8.49. The van der Waals surface area contributed by atoms with Gasteiger partial charge in [0.2, 0.25) is 17.7 Å². The number of aliphatic hydroxyl groups excluding tert-OH is 1. The molecule has 0 saturated carbocycles. The fourth-order valence-electron chi connectivity index (χ4n) is 4.51. The number of hydrogen-bond acceptors (Lipinski definition) is 7. The molecule has 0 aliphatic rings. The van der Waals surface area contributed by atoms with E-state index in [1.807, 2.05) is 24.3 Å². The zero-order valence-corrected chi connectivity index (χ0v) is 22.6. The molecule has 2 aromatic heterocycles. The van der Waals surface area contributed by atoms with Crippen molar-refractivity contribution in [1.82, 2.24) is 30.9 Å². The van der Waals surface area contributed by atoms with Crippen molar-refractivity contribution in [3.05, 3.63) is 90.1 Å². The molecule has 0 saturated heterocycles. The Bertz CT molecular complexity index is 1510. The molecule has 2 heterocycles. The topological polar surface area (TPSA) is 215 Å². The molecule has 220 valence electrons. The number of aliphatic carboxylic acids is 1. The number of aromatic nitrogens is 3. The van der Waals surface area contributed by atoms with Crippen LogP contribution in [0.15, 0.2) is 73.3 Å². The number of amides is 3. The maximum Gasteiger partial charge on any atom is 0.326 e. The van der Waals surface area contributed by atoms with Gasteiger partial charge >= 0.3 is 5.97 Å². The lowest BCUT2D eigenvalue weighted by Crippen LogP contribution is -2.58. The van der Waals surface area contributed by atoms with E-state index >= 15 is 0 Å².